The van der Waals surface area contributed by atoms with Crippen LogP contribution in [0.4, 0.5) is 5.82 Å². The van der Waals surface area contributed by atoms with Gasteiger partial charge in [0.1, 0.15) is 0 Å². The molecular weight excluding hydrogens is 220 g/mol. The number of aromatic nitrogens is 2. The van der Waals surface area contributed by atoms with Gasteiger partial charge in [-0.15, -0.1) is 0 Å². The van der Waals surface area contributed by atoms with Gasteiger partial charge in [-0.2, -0.15) is 5.10 Å². The van der Waals surface area contributed by atoms with Crippen molar-refractivity contribution in [2.24, 2.45) is 5.73 Å². The van der Waals surface area contributed by atoms with Crippen LogP contribution in [0.2, 0.25) is 0 Å². The quantitative estimate of drug-likeness (QED) is 0.713. The molecule has 0 fully saturated rings. The monoisotopic (exact) mass is 240 g/mol. The summed E-state index contributed by atoms with van der Waals surface area (Å²) < 4.78 is 6.71. The molecule has 17 heavy (non-hydrogen) atoms. The van der Waals surface area contributed by atoms with Gasteiger partial charge in [-0.3, -0.25) is 9.48 Å². The Balaban J connectivity index is 2.48. The Bertz CT molecular complexity index is 368. The van der Waals surface area contributed by atoms with Gasteiger partial charge < -0.3 is 15.8 Å². The standard InChI is InChI=1S/C11H20N4O2/c1-11(2,12)10(16)13-9-5-7-15(14-9)6-4-8-17-3/h5,7H,4,6,8,12H2,1-3H3,(H,13,14,16). The lowest BCUT2D eigenvalue weighted by Crippen LogP contribution is -2.45. The summed E-state index contributed by atoms with van der Waals surface area (Å²) in [4.78, 5) is 11.6. The number of amides is 1. The number of carbonyl (C=O) groups is 1. The van der Waals surface area contributed by atoms with Gasteiger partial charge in [-0.05, 0) is 20.3 Å². The molecule has 0 aliphatic heterocycles. The topological polar surface area (TPSA) is 82.2 Å². The Kier molecular flexibility index (Phi) is 4.65. The first-order chi connectivity index (χ1) is 7.93. The molecule has 1 rings (SSSR count). The molecule has 0 aromatic carbocycles. The van der Waals surface area contributed by atoms with Crippen molar-refractivity contribution >= 4 is 11.7 Å². The molecule has 0 radical (unpaired) electrons. The van der Waals surface area contributed by atoms with Crippen LogP contribution >= 0.6 is 0 Å². The fourth-order valence-corrected chi connectivity index (χ4v) is 1.20. The molecule has 0 unspecified atom stereocenters. The molecule has 6 heteroatoms. The van der Waals surface area contributed by atoms with Crippen LogP contribution in [0.25, 0.3) is 0 Å². The number of nitrogens with zero attached hydrogens (tertiary/aromatic N) is 2. The molecule has 6 nitrogen and oxygen atoms in total. The number of carbonyl (C=O) groups excluding carboxylic acids is 1. The average molecular weight is 240 g/mol. The maximum absolute atomic E-state index is 11.6. The highest BCUT2D eigenvalue weighted by Crippen LogP contribution is 2.06. The average Bonchev–Trinajstić information content (AvgIpc) is 2.65. The molecule has 1 aromatic rings. The Morgan fingerprint density at radius 1 is 1.65 bits per heavy atom. The van der Waals surface area contributed by atoms with E-state index in [2.05, 4.69) is 10.4 Å². The second kappa shape index (κ2) is 5.79. The Hall–Kier alpha value is -1.40. The summed E-state index contributed by atoms with van der Waals surface area (Å²) in [6, 6.07) is 1.75. The van der Waals surface area contributed by atoms with Crippen molar-refractivity contribution < 1.29 is 9.53 Å². The van der Waals surface area contributed by atoms with E-state index in [4.69, 9.17) is 10.5 Å². The van der Waals surface area contributed by atoms with Crippen LogP contribution in [0.15, 0.2) is 12.3 Å². The molecule has 1 amide bonds. The second-order valence-electron chi connectivity index (χ2n) is 4.49. The van der Waals surface area contributed by atoms with Crippen molar-refractivity contribution in [1.82, 2.24) is 9.78 Å². The number of ether oxygens (including phenoxy) is 1. The fraction of sp³-hybridized carbons (Fsp3) is 0.636. The SMILES string of the molecule is COCCCn1ccc(NC(=O)C(C)(C)N)n1. The Morgan fingerprint density at radius 2 is 2.35 bits per heavy atom. The molecule has 1 aromatic heterocycles. The zero-order valence-electron chi connectivity index (χ0n) is 10.6. The number of aryl methyl sites for hydroxylation is 1. The molecular formula is C11H20N4O2. The van der Waals surface area contributed by atoms with Crippen LogP contribution in [-0.2, 0) is 16.1 Å². The maximum atomic E-state index is 11.6. The van der Waals surface area contributed by atoms with Gasteiger partial charge in [0.05, 0.1) is 5.54 Å². The van der Waals surface area contributed by atoms with Crippen molar-refractivity contribution in [3.8, 4) is 0 Å². The third kappa shape index (κ3) is 4.54. The highest BCUT2D eigenvalue weighted by molar-refractivity contribution is 5.96. The van der Waals surface area contributed by atoms with E-state index in [9.17, 15) is 4.79 Å². The van der Waals surface area contributed by atoms with E-state index in [1.165, 1.54) is 0 Å². The summed E-state index contributed by atoms with van der Waals surface area (Å²) in [5, 5.41) is 6.87. The van der Waals surface area contributed by atoms with Crippen molar-refractivity contribution in [1.29, 1.82) is 0 Å². The minimum Gasteiger partial charge on any atom is -0.385 e. The highest BCUT2D eigenvalue weighted by atomic mass is 16.5. The minimum atomic E-state index is -0.903. The lowest BCUT2D eigenvalue weighted by Gasteiger charge is -2.16. The van der Waals surface area contributed by atoms with Crippen LogP contribution in [0, 0.1) is 0 Å². The molecule has 96 valence electrons. The van der Waals surface area contributed by atoms with Gasteiger partial charge in [0.2, 0.25) is 5.91 Å². The highest BCUT2D eigenvalue weighted by Gasteiger charge is 2.22. The molecule has 0 spiro atoms. The number of nitrogens with two attached hydrogens (primary N) is 1. The van der Waals surface area contributed by atoms with Crippen molar-refractivity contribution in [3.05, 3.63) is 12.3 Å². The van der Waals surface area contributed by atoms with E-state index in [-0.39, 0.29) is 5.91 Å². The van der Waals surface area contributed by atoms with Crippen LogP contribution < -0.4 is 11.1 Å². The first-order valence-electron chi connectivity index (χ1n) is 5.56. The minimum absolute atomic E-state index is 0.250. The number of anilines is 1. The lowest BCUT2D eigenvalue weighted by molar-refractivity contribution is -0.120. The van der Waals surface area contributed by atoms with Crippen molar-refractivity contribution in [2.45, 2.75) is 32.4 Å². The van der Waals surface area contributed by atoms with Gasteiger partial charge in [-0.25, -0.2) is 0 Å². The first-order valence-corrected chi connectivity index (χ1v) is 5.56. The number of hydrogen-bond acceptors (Lipinski definition) is 4. The van der Waals surface area contributed by atoms with E-state index in [1.54, 1.807) is 31.7 Å². The number of hydrogen-bond donors (Lipinski definition) is 2. The lowest BCUT2D eigenvalue weighted by atomic mass is 10.1. The second-order valence-corrected chi connectivity index (χ2v) is 4.49. The summed E-state index contributed by atoms with van der Waals surface area (Å²) in [6.45, 7) is 4.75. The van der Waals surface area contributed by atoms with E-state index in [0.717, 1.165) is 13.0 Å². The molecule has 0 atom stereocenters. The molecule has 1 heterocycles. The summed E-state index contributed by atoms with van der Waals surface area (Å²) in [7, 11) is 1.66. The van der Waals surface area contributed by atoms with Gasteiger partial charge >= 0.3 is 0 Å². The predicted octanol–water partition coefficient (Wildman–Crippen LogP) is 0.595. The molecule has 0 aliphatic carbocycles. The molecule has 0 aliphatic rings. The fourth-order valence-electron chi connectivity index (χ4n) is 1.20. The molecule has 0 saturated carbocycles. The zero-order chi connectivity index (χ0) is 12.9. The van der Waals surface area contributed by atoms with Crippen LogP contribution in [-0.4, -0.2) is 34.9 Å². The zero-order valence-corrected chi connectivity index (χ0v) is 10.6. The third-order valence-corrected chi connectivity index (χ3v) is 2.20. The normalized spacial score (nSPS) is 11.5. The smallest absolute Gasteiger partial charge is 0.245 e. The summed E-state index contributed by atoms with van der Waals surface area (Å²) in [6.07, 6.45) is 2.70. The molecule has 3 N–H and O–H groups in total. The van der Waals surface area contributed by atoms with E-state index in [1.807, 2.05) is 6.20 Å². The van der Waals surface area contributed by atoms with Gasteiger partial charge in [-0.1, -0.05) is 0 Å². The van der Waals surface area contributed by atoms with Gasteiger partial charge in [0.15, 0.2) is 5.82 Å². The largest absolute Gasteiger partial charge is 0.385 e. The van der Waals surface area contributed by atoms with E-state index >= 15 is 0 Å². The van der Waals surface area contributed by atoms with Gasteiger partial charge in [0.25, 0.3) is 0 Å². The number of methoxy groups -OCH3 is 1. The summed E-state index contributed by atoms with van der Waals surface area (Å²) in [5.41, 5.74) is 4.77. The van der Waals surface area contributed by atoms with Crippen molar-refractivity contribution in [3.63, 3.8) is 0 Å². The maximum Gasteiger partial charge on any atom is 0.245 e. The van der Waals surface area contributed by atoms with Crippen molar-refractivity contribution in [2.75, 3.05) is 19.0 Å². The van der Waals surface area contributed by atoms with Crippen LogP contribution in [0.1, 0.15) is 20.3 Å². The Morgan fingerprint density at radius 3 is 2.94 bits per heavy atom. The first kappa shape index (κ1) is 13.7. The van der Waals surface area contributed by atoms with Crippen LogP contribution in [0.3, 0.4) is 0 Å². The summed E-state index contributed by atoms with van der Waals surface area (Å²) in [5.74, 6) is 0.269. The predicted molar refractivity (Wildman–Crippen MR) is 65.6 cm³/mol. The Labute approximate surface area is 101 Å². The summed E-state index contributed by atoms with van der Waals surface area (Å²) >= 11 is 0. The molecule has 0 bridgehead atoms. The number of nitrogens with one attached hydrogen (secondary N) is 1. The third-order valence-electron chi connectivity index (χ3n) is 2.20. The van der Waals surface area contributed by atoms with Gasteiger partial charge in [0, 0.05) is 32.5 Å². The molecule has 0 saturated heterocycles. The van der Waals surface area contributed by atoms with E-state index < -0.39 is 5.54 Å². The number of rotatable bonds is 6. The van der Waals surface area contributed by atoms with E-state index in [0.29, 0.717) is 12.4 Å². The van der Waals surface area contributed by atoms with Crippen LogP contribution in [0.5, 0.6) is 0 Å².